The molecule has 0 saturated carbocycles. The Morgan fingerprint density at radius 2 is 2.14 bits per heavy atom. The summed E-state index contributed by atoms with van der Waals surface area (Å²) in [7, 11) is 0. The molecule has 0 bridgehead atoms. The van der Waals surface area contributed by atoms with Gasteiger partial charge in [0.25, 0.3) is 5.91 Å². The molecule has 0 aliphatic carbocycles. The summed E-state index contributed by atoms with van der Waals surface area (Å²) >= 11 is 7.51. The fourth-order valence-corrected chi connectivity index (χ4v) is 2.76. The van der Waals surface area contributed by atoms with Crippen molar-refractivity contribution in [2.45, 2.75) is 13.3 Å². The lowest BCUT2D eigenvalue weighted by molar-refractivity contribution is -0.123. The van der Waals surface area contributed by atoms with E-state index in [1.807, 2.05) is 17.5 Å². The number of rotatable bonds is 7. The fraction of sp³-hybridized carbons (Fsp3) is 0.250. The van der Waals surface area contributed by atoms with Crippen LogP contribution in [0, 0.1) is 0 Å². The molecule has 1 aromatic heterocycles. The summed E-state index contributed by atoms with van der Waals surface area (Å²) in [6.45, 7) is 1.86. The van der Waals surface area contributed by atoms with Crippen LogP contribution in [0.25, 0.3) is 0 Å². The third kappa shape index (κ3) is 4.86. The topological polar surface area (TPSA) is 55.4 Å². The predicted molar refractivity (Wildman–Crippen MR) is 88.0 cm³/mol. The van der Waals surface area contributed by atoms with Crippen LogP contribution >= 0.6 is 22.9 Å². The highest BCUT2D eigenvalue weighted by Gasteiger charge is 2.11. The monoisotopic (exact) mass is 337 g/mol. The molecule has 1 heterocycles. The first-order valence-electron chi connectivity index (χ1n) is 6.78. The van der Waals surface area contributed by atoms with Crippen LogP contribution in [0.3, 0.4) is 0 Å². The van der Waals surface area contributed by atoms with Gasteiger partial charge < -0.3 is 10.1 Å². The second-order valence-electron chi connectivity index (χ2n) is 4.66. The van der Waals surface area contributed by atoms with Gasteiger partial charge in [0.15, 0.2) is 12.4 Å². The van der Waals surface area contributed by atoms with E-state index in [1.54, 1.807) is 23.5 Å². The SMILES string of the molecule is CC(=O)c1cc(Cl)ccc1OCC(=O)NCCc1cccs1. The number of ketones is 1. The number of carbonyl (C=O) groups excluding carboxylic acids is 2. The molecule has 0 radical (unpaired) electrons. The quantitative estimate of drug-likeness (QED) is 0.788. The van der Waals surface area contributed by atoms with Crippen molar-refractivity contribution in [3.63, 3.8) is 0 Å². The first kappa shape index (κ1) is 16.5. The van der Waals surface area contributed by atoms with Gasteiger partial charge in [0, 0.05) is 16.4 Å². The number of hydrogen-bond acceptors (Lipinski definition) is 4. The van der Waals surface area contributed by atoms with Crippen LogP contribution in [0.2, 0.25) is 5.02 Å². The number of nitrogens with one attached hydrogen (secondary N) is 1. The summed E-state index contributed by atoms with van der Waals surface area (Å²) < 4.78 is 5.41. The van der Waals surface area contributed by atoms with Gasteiger partial charge in [0.05, 0.1) is 5.56 Å². The van der Waals surface area contributed by atoms with Crippen molar-refractivity contribution < 1.29 is 14.3 Å². The molecule has 0 spiro atoms. The van der Waals surface area contributed by atoms with Gasteiger partial charge in [-0.15, -0.1) is 11.3 Å². The number of thiophene rings is 1. The maximum Gasteiger partial charge on any atom is 0.257 e. The molecule has 0 aliphatic heterocycles. The Hall–Kier alpha value is -1.85. The molecule has 6 heteroatoms. The molecule has 1 amide bonds. The van der Waals surface area contributed by atoms with Gasteiger partial charge >= 0.3 is 0 Å². The lowest BCUT2D eigenvalue weighted by Gasteiger charge is -2.10. The van der Waals surface area contributed by atoms with Crippen molar-refractivity contribution >= 4 is 34.6 Å². The van der Waals surface area contributed by atoms with Gasteiger partial charge in [0.2, 0.25) is 0 Å². The maximum absolute atomic E-state index is 11.7. The van der Waals surface area contributed by atoms with Crippen molar-refractivity contribution in [2.24, 2.45) is 0 Å². The van der Waals surface area contributed by atoms with E-state index in [-0.39, 0.29) is 18.3 Å². The highest BCUT2D eigenvalue weighted by atomic mass is 35.5. The van der Waals surface area contributed by atoms with Crippen LogP contribution < -0.4 is 10.1 Å². The Balaban J connectivity index is 1.82. The van der Waals surface area contributed by atoms with Crippen LogP contribution in [0.15, 0.2) is 35.7 Å². The van der Waals surface area contributed by atoms with E-state index in [9.17, 15) is 9.59 Å². The normalized spacial score (nSPS) is 10.3. The second-order valence-corrected chi connectivity index (χ2v) is 6.13. The van der Waals surface area contributed by atoms with Gasteiger partial charge in [-0.2, -0.15) is 0 Å². The highest BCUT2D eigenvalue weighted by Crippen LogP contribution is 2.23. The van der Waals surface area contributed by atoms with Gasteiger partial charge in [-0.3, -0.25) is 9.59 Å². The first-order chi connectivity index (χ1) is 10.6. The zero-order valence-corrected chi connectivity index (χ0v) is 13.7. The molecule has 0 atom stereocenters. The Labute approximate surface area is 138 Å². The molecule has 2 aromatic rings. The average molecular weight is 338 g/mol. The van der Waals surface area contributed by atoms with Crippen molar-refractivity contribution in [1.82, 2.24) is 5.32 Å². The van der Waals surface area contributed by atoms with Crippen LogP contribution in [-0.2, 0) is 11.2 Å². The molecule has 22 heavy (non-hydrogen) atoms. The van der Waals surface area contributed by atoms with Crippen LogP contribution in [0.1, 0.15) is 22.2 Å². The lowest BCUT2D eigenvalue weighted by Crippen LogP contribution is -2.30. The molecule has 0 saturated heterocycles. The zero-order chi connectivity index (χ0) is 15.9. The van der Waals surface area contributed by atoms with Crippen LogP contribution in [-0.4, -0.2) is 24.8 Å². The standard InChI is InChI=1S/C16H16ClNO3S/c1-11(19)14-9-12(17)4-5-15(14)21-10-16(20)18-7-6-13-3-2-8-22-13/h2-5,8-9H,6-7,10H2,1H3,(H,18,20). The Kier molecular flexibility index (Phi) is 5.98. The van der Waals surface area contributed by atoms with Crippen molar-refractivity contribution in [2.75, 3.05) is 13.2 Å². The Morgan fingerprint density at radius 1 is 1.32 bits per heavy atom. The van der Waals surface area contributed by atoms with Gasteiger partial charge in [0.1, 0.15) is 5.75 Å². The summed E-state index contributed by atoms with van der Waals surface area (Å²) in [6.07, 6.45) is 0.795. The van der Waals surface area contributed by atoms with Crippen molar-refractivity contribution in [1.29, 1.82) is 0 Å². The molecule has 2 rings (SSSR count). The summed E-state index contributed by atoms with van der Waals surface area (Å²) in [4.78, 5) is 24.5. The number of amides is 1. The molecular weight excluding hydrogens is 322 g/mol. The summed E-state index contributed by atoms with van der Waals surface area (Å²) in [6, 6.07) is 8.76. The number of ether oxygens (including phenoxy) is 1. The van der Waals surface area contributed by atoms with E-state index >= 15 is 0 Å². The Bertz CT molecular complexity index is 655. The summed E-state index contributed by atoms with van der Waals surface area (Å²) in [5, 5.41) is 5.24. The minimum Gasteiger partial charge on any atom is -0.483 e. The van der Waals surface area contributed by atoms with E-state index < -0.39 is 0 Å². The van der Waals surface area contributed by atoms with Crippen LogP contribution in [0.4, 0.5) is 0 Å². The predicted octanol–water partition coefficient (Wildman–Crippen LogP) is 3.34. The number of Topliss-reactive ketones (excluding diaryl/α,β-unsaturated/α-hetero) is 1. The van der Waals surface area contributed by atoms with Gasteiger partial charge in [-0.05, 0) is 43.0 Å². The first-order valence-corrected chi connectivity index (χ1v) is 8.04. The maximum atomic E-state index is 11.7. The fourth-order valence-electron chi connectivity index (χ4n) is 1.88. The molecule has 1 N–H and O–H groups in total. The van der Waals surface area contributed by atoms with E-state index in [2.05, 4.69) is 5.32 Å². The smallest absolute Gasteiger partial charge is 0.257 e. The number of carbonyl (C=O) groups is 2. The largest absolute Gasteiger partial charge is 0.483 e. The molecule has 0 aliphatic rings. The third-order valence-corrected chi connectivity index (χ3v) is 4.12. The average Bonchev–Trinajstić information content (AvgIpc) is 2.99. The van der Waals surface area contributed by atoms with Crippen molar-refractivity contribution in [3.8, 4) is 5.75 Å². The van der Waals surface area contributed by atoms with E-state index in [4.69, 9.17) is 16.3 Å². The number of benzene rings is 1. The molecule has 0 unspecified atom stereocenters. The third-order valence-electron chi connectivity index (χ3n) is 2.95. The molecule has 4 nitrogen and oxygen atoms in total. The van der Waals surface area contributed by atoms with Crippen molar-refractivity contribution in [3.05, 3.63) is 51.2 Å². The number of hydrogen-bond donors (Lipinski definition) is 1. The minimum absolute atomic E-state index is 0.133. The highest BCUT2D eigenvalue weighted by molar-refractivity contribution is 7.09. The van der Waals surface area contributed by atoms with E-state index in [1.165, 1.54) is 17.9 Å². The van der Waals surface area contributed by atoms with E-state index in [0.717, 1.165) is 6.42 Å². The van der Waals surface area contributed by atoms with Crippen LogP contribution in [0.5, 0.6) is 5.75 Å². The Morgan fingerprint density at radius 3 is 2.82 bits per heavy atom. The molecule has 1 aromatic carbocycles. The molecular formula is C16H16ClNO3S. The van der Waals surface area contributed by atoms with Gasteiger partial charge in [-0.1, -0.05) is 17.7 Å². The van der Waals surface area contributed by atoms with Gasteiger partial charge in [-0.25, -0.2) is 0 Å². The molecule has 0 fully saturated rings. The summed E-state index contributed by atoms with van der Waals surface area (Å²) in [5.74, 6) is -0.0121. The minimum atomic E-state index is -0.221. The lowest BCUT2D eigenvalue weighted by atomic mass is 10.1. The number of halogens is 1. The second kappa shape index (κ2) is 7.96. The molecule has 116 valence electrons. The summed E-state index contributed by atoms with van der Waals surface area (Å²) in [5.41, 5.74) is 0.374. The zero-order valence-electron chi connectivity index (χ0n) is 12.1. The van der Waals surface area contributed by atoms with E-state index in [0.29, 0.717) is 22.9 Å².